The van der Waals surface area contributed by atoms with Crippen molar-refractivity contribution < 1.29 is 5.21 Å². The van der Waals surface area contributed by atoms with E-state index >= 15 is 0 Å². The van der Waals surface area contributed by atoms with Crippen LogP contribution in [0.5, 0.6) is 0 Å². The molecule has 0 saturated carbocycles. The van der Waals surface area contributed by atoms with Crippen molar-refractivity contribution in [3.63, 3.8) is 0 Å². The zero-order chi connectivity index (χ0) is 8.55. The summed E-state index contributed by atoms with van der Waals surface area (Å²) in [4.78, 5) is 0. The van der Waals surface area contributed by atoms with E-state index in [1.807, 2.05) is 17.8 Å². The van der Waals surface area contributed by atoms with E-state index in [1.54, 1.807) is 0 Å². The fourth-order valence-electron chi connectivity index (χ4n) is 1.83. The number of nitrogens with zero attached hydrogens (tertiary/aromatic N) is 2. The summed E-state index contributed by atoms with van der Waals surface area (Å²) in [7, 11) is 1.98. The number of hydrogen-bond acceptors (Lipinski definition) is 2. The van der Waals surface area contributed by atoms with Gasteiger partial charge in [-0.05, 0) is 30.9 Å². The van der Waals surface area contributed by atoms with E-state index in [4.69, 9.17) is 5.21 Å². The summed E-state index contributed by atoms with van der Waals surface area (Å²) in [5, 5.41) is 12.1. The first-order valence-electron chi connectivity index (χ1n) is 4.18. The SMILES string of the molecule is Cn1ccc2c1/C(=N/O)CCC2. The van der Waals surface area contributed by atoms with Gasteiger partial charge in [-0.25, -0.2) is 0 Å². The van der Waals surface area contributed by atoms with Gasteiger partial charge in [-0.3, -0.25) is 0 Å². The smallest absolute Gasteiger partial charge is 0.103 e. The zero-order valence-electron chi connectivity index (χ0n) is 7.12. The third-order valence-corrected chi connectivity index (χ3v) is 2.41. The van der Waals surface area contributed by atoms with Gasteiger partial charge in [0.1, 0.15) is 5.71 Å². The van der Waals surface area contributed by atoms with E-state index in [0.29, 0.717) is 0 Å². The summed E-state index contributed by atoms with van der Waals surface area (Å²) in [5.41, 5.74) is 3.23. The largest absolute Gasteiger partial charge is 0.411 e. The molecular formula is C9H12N2O. The molecule has 3 heteroatoms. The van der Waals surface area contributed by atoms with Crippen LogP contribution in [0.1, 0.15) is 24.1 Å². The van der Waals surface area contributed by atoms with E-state index in [2.05, 4.69) is 11.2 Å². The van der Waals surface area contributed by atoms with Crippen LogP contribution in [0.4, 0.5) is 0 Å². The second-order valence-corrected chi connectivity index (χ2v) is 3.20. The highest BCUT2D eigenvalue weighted by atomic mass is 16.4. The molecule has 0 radical (unpaired) electrons. The highest BCUT2D eigenvalue weighted by Crippen LogP contribution is 2.21. The van der Waals surface area contributed by atoms with Gasteiger partial charge in [0, 0.05) is 13.2 Å². The van der Waals surface area contributed by atoms with Crippen LogP contribution in [0.25, 0.3) is 0 Å². The van der Waals surface area contributed by atoms with Gasteiger partial charge < -0.3 is 9.77 Å². The minimum absolute atomic E-state index is 0.823. The first-order chi connectivity index (χ1) is 5.83. The van der Waals surface area contributed by atoms with E-state index in [1.165, 1.54) is 5.56 Å². The predicted molar refractivity (Wildman–Crippen MR) is 46.7 cm³/mol. The molecule has 0 aromatic carbocycles. The summed E-state index contributed by atoms with van der Waals surface area (Å²) in [6.07, 6.45) is 5.11. The van der Waals surface area contributed by atoms with Crippen molar-refractivity contribution >= 4 is 5.71 Å². The fraction of sp³-hybridized carbons (Fsp3) is 0.444. The number of aryl methyl sites for hydroxylation is 2. The van der Waals surface area contributed by atoms with Crippen LogP contribution in [-0.2, 0) is 13.5 Å². The van der Waals surface area contributed by atoms with Crippen LogP contribution < -0.4 is 0 Å². The molecule has 0 fully saturated rings. The fourth-order valence-corrected chi connectivity index (χ4v) is 1.83. The average molecular weight is 164 g/mol. The van der Waals surface area contributed by atoms with Crippen molar-refractivity contribution in [1.29, 1.82) is 0 Å². The standard InChI is InChI=1S/C9H12N2O/c1-11-6-5-7-3-2-4-8(10-12)9(7)11/h5-6,12H,2-4H2,1H3/b10-8+. The van der Waals surface area contributed by atoms with Crippen molar-refractivity contribution in [2.45, 2.75) is 19.3 Å². The Bertz CT molecular complexity index is 325. The zero-order valence-corrected chi connectivity index (χ0v) is 7.12. The van der Waals surface area contributed by atoms with Crippen molar-refractivity contribution in [1.82, 2.24) is 4.57 Å². The average Bonchev–Trinajstić information content (AvgIpc) is 2.48. The molecule has 0 amide bonds. The van der Waals surface area contributed by atoms with Crippen molar-refractivity contribution in [3.05, 3.63) is 23.5 Å². The third kappa shape index (κ3) is 0.932. The van der Waals surface area contributed by atoms with E-state index < -0.39 is 0 Å². The Hall–Kier alpha value is -1.25. The van der Waals surface area contributed by atoms with Crippen LogP contribution in [0.3, 0.4) is 0 Å². The van der Waals surface area contributed by atoms with Gasteiger partial charge in [-0.2, -0.15) is 0 Å². The lowest BCUT2D eigenvalue weighted by atomic mass is 9.96. The summed E-state index contributed by atoms with van der Waals surface area (Å²) in [5.74, 6) is 0. The third-order valence-electron chi connectivity index (χ3n) is 2.41. The molecule has 0 bridgehead atoms. The lowest BCUT2D eigenvalue weighted by Crippen LogP contribution is -2.14. The molecule has 1 heterocycles. The Morgan fingerprint density at radius 1 is 1.50 bits per heavy atom. The van der Waals surface area contributed by atoms with E-state index in [0.717, 1.165) is 30.7 Å². The highest BCUT2D eigenvalue weighted by Gasteiger charge is 2.18. The number of fused-ring (bicyclic) bond motifs is 1. The Labute approximate surface area is 71.3 Å². The number of aromatic nitrogens is 1. The van der Waals surface area contributed by atoms with Gasteiger partial charge in [0.25, 0.3) is 0 Å². The molecule has 1 aliphatic carbocycles. The molecule has 1 aromatic heterocycles. The molecule has 0 aliphatic heterocycles. The maximum atomic E-state index is 8.76. The molecule has 1 aliphatic rings. The summed E-state index contributed by atoms with van der Waals surface area (Å²) < 4.78 is 2.02. The quantitative estimate of drug-likeness (QED) is 0.458. The highest BCUT2D eigenvalue weighted by molar-refractivity contribution is 6.01. The summed E-state index contributed by atoms with van der Waals surface area (Å²) in [6.45, 7) is 0. The Morgan fingerprint density at radius 2 is 2.33 bits per heavy atom. The predicted octanol–water partition coefficient (Wildman–Crippen LogP) is 1.54. The van der Waals surface area contributed by atoms with Gasteiger partial charge in [-0.15, -0.1) is 0 Å². The molecule has 2 rings (SSSR count). The first-order valence-corrected chi connectivity index (χ1v) is 4.18. The van der Waals surface area contributed by atoms with Gasteiger partial charge in [0.15, 0.2) is 0 Å². The molecule has 1 aromatic rings. The second kappa shape index (κ2) is 2.66. The molecule has 1 N–H and O–H groups in total. The van der Waals surface area contributed by atoms with Crippen LogP contribution in [-0.4, -0.2) is 15.5 Å². The molecule has 0 unspecified atom stereocenters. The van der Waals surface area contributed by atoms with Crippen molar-refractivity contribution in [2.24, 2.45) is 12.2 Å². The van der Waals surface area contributed by atoms with Crippen LogP contribution in [0.2, 0.25) is 0 Å². The maximum absolute atomic E-state index is 8.76. The second-order valence-electron chi connectivity index (χ2n) is 3.20. The minimum atomic E-state index is 0.823. The Kier molecular flexibility index (Phi) is 1.64. The van der Waals surface area contributed by atoms with Gasteiger partial charge in [0.2, 0.25) is 0 Å². The lowest BCUT2D eigenvalue weighted by Gasteiger charge is -2.14. The van der Waals surface area contributed by atoms with Gasteiger partial charge in [0.05, 0.1) is 5.69 Å². The lowest BCUT2D eigenvalue weighted by molar-refractivity contribution is 0.317. The van der Waals surface area contributed by atoms with Crippen LogP contribution in [0.15, 0.2) is 17.4 Å². The maximum Gasteiger partial charge on any atom is 0.103 e. The molecule has 64 valence electrons. The number of oxime groups is 1. The minimum Gasteiger partial charge on any atom is -0.411 e. The Balaban J connectivity index is 2.55. The molecule has 0 atom stereocenters. The number of hydrogen-bond donors (Lipinski definition) is 1. The first kappa shape index (κ1) is 7.40. The van der Waals surface area contributed by atoms with Gasteiger partial charge >= 0.3 is 0 Å². The molecule has 0 saturated heterocycles. The summed E-state index contributed by atoms with van der Waals surface area (Å²) in [6, 6.07) is 2.10. The van der Waals surface area contributed by atoms with E-state index in [-0.39, 0.29) is 0 Å². The monoisotopic (exact) mass is 164 g/mol. The molecular weight excluding hydrogens is 152 g/mol. The number of rotatable bonds is 0. The molecule has 3 nitrogen and oxygen atoms in total. The summed E-state index contributed by atoms with van der Waals surface area (Å²) >= 11 is 0. The van der Waals surface area contributed by atoms with Crippen LogP contribution >= 0.6 is 0 Å². The molecule has 0 spiro atoms. The van der Waals surface area contributed by atoms with Crippen molar-refractivity contribution in [2.75, 3.05) is 0 Å². The normalized spacial score (nSPS) is 19.6. The van der Waals surface area contributed by atoms with Crippen molar-refractivity contribution in [3.8, 4) is 0 Å². The van der Waals surface area contributed by atoms with Crippen LogP contribution in [0, 0.1) is 0 Å². The van der Waals surface area contributed by atoms with E-state index in [9.17, 15) is 0 Å². The topological polar surface area (TPSA) is 37.5 Å². The Morgan fingerprint density at radius 3 is 3.08 bits per heavy atom. The molecule has 12 heavy (non-hydrogen) atoms. The van der Waals surface area contributed by atoms with Gasteiger partial charge in [-0.1, -0.05) is 5.16 Å².